The number of likely N-dealkylation sites (N-methyl/N-ethyl adjacent to an activating group) is 1. The van der Waals surface area contributed by atoms with Gasteiger partial charge in [0.1, 0.15) is 0 Å². The maximum Gasteiger partial charge on any atom is 0.244 e. The van der Waals surface area contributed by atoms with E-state index in [1.165, 1.54) is 11.9 Å². The number of para-hydroxylation sites is 1. The zero-order valence-corrected chi connectivity index (χ0v) is 18.1. The van der Waals surface area contributed by atoms with Gasteiger partial charge in [0, 0.05) is 31.8 Å². The molecule has 4 rings (SSSR count). The second-order valence-electron chi connectivity index (χ2n) is 7.28. The van der Waals surface area contributed by atoms with Crippen LogP contribution in [0.2, 0.25) is 10.0 Å². The molecular weight excluding hydrogens is 445 g/mol. The van der Waals surface area contributed by atoms with Crippen molar-refractivity contribution in [2.24, 2.45) is 5.92 Å². The molecule has 10 heteroatoms. The molecule has 162 valence electrons. The van der Waals surface area contributed by atoms with E-state index < -0.39 is 11.8 Å². The lowest BCUT2D eigenvalue weighted by molar-refractivity contribution is -0.137. The lowest BCUT2D eigenvalue weighted by Crippen LogP contribution is -2.39. The summed E-state index contributed by atoms with van der Waals surface area (Å²) >= 11 is 12.1. The van der Waals surface area contributed by atoms with Crippen LogP contribution in [0.15, 0.2) is 36.4 Å². The molecule has 31 heavy (non-hydrogen) atoms. The van der Waals surface area contributed by atoms with Crippen molar-refractivity contribution in [3.8, 4) is 11.5 Å². The van der Waals surface area contributed by atoms with Crippen LogP contribution in [0.5, 0.6) is 11.5 Å². The largest absolute Gasteiger partial charge is 0.454 e. The summed E-state index contributed by atoms with van der Waals surface area (Å²) in [5.41, 5.74) is 0.931. The predicted molar refractivity (Wildman–Crippen MR) is 116 cm³/mol. The second kappa shape index (κ2) is 8.64. The first-order chi connectivity index (χ1) is 14.8. The number of halogens is 2. The van der Waals surface area contributed by atoms with Crippen molar-refractivity contribution < 1.29 is 23.9 Å². The standard InChI is InChI=1S/C21H19Cl2N3O5/c1-25(10-18(27)24-20-14(22)3-2-4-15(20)23)21(29)12-7-19(28)26(9-12)13-5-6-16-17(8-13)31-11-30-16/h2-6,8,12H,7,9-11H2,1H3,(H,24,27). The van der Waals surface area contributed by atoms with Crippen LogP contribution < -0.4 is 19.7 Å². The molecule has 0 aliphatic carbocycles. The van der Waals surface area contributed by atoms with Gasteiger partial charge in [0.05, 0.1) is 28.2 Å². The minimum atomic E-state index is -0.556. The summed E-state index contributed by atoms with van der Waals surface area (Å²) in [6.45, 7) is 0.162. The minimum Gasteiger partial charge on any atom is -0.454 e. The maximum absolute atomic E-state index is 12.8. The maximum atomic E-state index is 12.8. The van der Waals surface area contributed by atoms with E-state index in [2.05, 4.69) is 5.32 Å². The van der Waals surface area contributed by atoms with E-state index in [-0.39, 0.29) is 38.1 Å². The molecule has 1 N–H and O–H groups in total. The van der Waals surface area contributed by atoms with Crippen LogP contribution in [0.3, 0.4) is 0 Å². The average Bonchev–Trinajstić information content (AvgIpc) is 3.36. The number of carbonyl (C=O) groups excluding carboxylic acids is 3. The average molecular weight is 464 g/mol. The number of nitrogens with one attached hydrogen (secondary N) is 1. The molecule has 8 nitrogen and oxygen atoms in total. The summed E-state index contributed by atoms with van der Waals surface area (Å²) in [6, 6.07) is 10.1. The summed E-state index contributed by atoms with van der Waals surface area (Å²) < 4.78 is 10.6. The van der Waals surface area contributed by atoms with Gasteiger partial charge in [-0.1, -0.05) is 29.3 Å². The highest BCUT2D eigenvalue weighted by atomic mass is 35.5. The van der Waals surface area contributed by atoms with E-state index in [9.17, 15) is 14.4 Å². The summed E-state index contributed by atoms with van der Waals surface area (Å²) in [4.78, 5) is 40.6. The Hall–Kier alpha value is -2.97. The number of anilines is 2. The van der Waals surface area contributed by atoms with Gasteiger partial charge in [0.15, 0.2) is 11.5 Å². The number of ether oxygens (including phenoxy) is 2. The van der Waals surface area contributed by atoms with Gasteiger partial charge in [0.25, 0.3) is 0 Å². The highest BCUT2D eigenvalue weighted by Crippen LogP contribution is 2.37. The molecule has 0 aromatic heterocycles. The van der Waals surface area contributed by atoms with E-state index in [1.54, 1.807) is 41.3 Å². The molecule has 2 aromatic carbocycles. The van der Waals surface area contributed by atoms with Crippen LogP contribution in [-0.2, 0) is 14.4 Å². The topological polar surface area (TPSA) is 88.2 Å². The highest BCUT2D eigenvalue weighted by molar-refractivity contribution is 6.39. The molecular formula is C21H19Cl2N3O5. The van der Waals surface area contributed by atoms with Gasteiger partial charge < -0.3 is 24.6 Å². The SMILES string of the molecule is CN(CC(=O)Nc1c(Cl)cccc1Cl)C(=O)C1CC(=O)N(c2ccc3c(c2)OCO3)C1. The van der Waals surface area contributed by atoms with Gasteiger partial charge in [0.2, 0.25) is 24.5 Å². The monoisotopic (exact) mass is 463 g/mol. The Kier molecular flexibility index (Phi) is 5.93. The number of fused-ring (bicyclic) bond motifs is 1. The third kappa shape index (κ3) is 4.40. The summed E-state index contributed by atoms with van der Waals surface area (Å²) in [5.74, 6) is -0.281. The lowest BCUT2D eigenvalue weighted by Gasteiger charge is -2.21. The smallest absolute Gasteiger partial charge is 0.244 e. The van der Waals surface area contributed by atoms with Crippen LogP contribution in [-0.4, -0.2) is 49.6 Å². The van der Waals surface area contributed by atoms with E-state index in [0.717, 1.165) is 0 Å². The number of benzene rings is 2. The Morgan fingerprint density at radius 1 is 1.16 bits per heavy atom. The number of amides is 3. The van der Waals surface area contributed by atoms with Gasteiger partial charge in [-0.05, 0) is 24.3 Å². The van der Waals surface area contributed by atoms with Crippen LogP contribution in [0.4, 0.5) is 11.4 Å². The Balaban J connectivity index is 1.38. The van der Waals surface area contributed by atoms with Gasteiger partial charge in [-0.15, -0.1) is 0 Å². The molecule has 0 radical (unpaired) electrons. The summed E-state index contributed by atoms with van der Waals surface area (Å²) in [5, 5.41) is 3.23. The van der Waals surface area contributed by atoms with Crippen molar-refractivity contribution in [1.29, 1.82) is 0 Å². The predicted octanol–water partition coefficient (Wildman–Crippen LogP) is 3.17. The third-order valence-corrected chi connectivity index (χ3v) is 5.76. The van der Waals surface area contributed by atoms with E-state index in [0.29, 0.717) is 32.9 Å². The third-order valence-electron chi connectivity index (χ3n) is 5.13. The Morgan fingerprint density at radius 3 is 2.61 bits per heavy atom. The Morgan fingerprint density at radius 2 is 1.87 bits per heavy atom. The molecule has 1 atom stereocenters. The van der Waals surface area contributed by atoms with E-state index in [4.69, 9.17) is 32.7 Å². The lowest BCUT2D eigenvalue weighted by atomic mass is 10.1. The number of hydrogen-bond acceptors (Lipinski definition) is 5. The van der Waals surface area contributed by atoms with Crippen molar-refractivity contribution in [3.05, 3.63) is 46.4 Å². The first-order valence-electron chi connectivity index (χ1n) is 9.52. The van der Waals surface area contributed by atoms with Gasteiger partial charge in [-0.2, -0.15) is 0 Å². The molecule has 0 spiro atoms. The molecule has 0 saturated carbocycles. The molecule has 2 aliphatic heterocycles. The molecule has 1 fully saturated rings. The normalized spacial score (nSPS) is 17.1. The molecule has 2 heterocycles. The van der Waals surface area contributed by atoms with Gasteiger partial charge >= 0.3 is 0 Å². The molecule has 1 unspecified atom stereocenters. The fourth-order valence-electron chi connectivity index (χ4n) is 3.58. The van der Waals surface area contributed by atoms with Crippen molar-refractivity contribution in [1.82, 2.24) is 4.90 Å². The van der Waals surface area contributed by atoms with Crippen LogP contribution in [0, 0.1) is 5.92 Å². The molecule has 3 amide bonds. The first-order valence-corrected chi connectivity index (χ1v) is 10.3. The van der Waals surface area contributed by atoms with Crippen molar-refractivity contribution in [3.63, 3.8) is 0 Å². The zero-order chi connectivity index (χ0) is 22.1. The fraction of sp³-hybridized carbons (Fsp3) is 0.286. The molecule has 2 aliphatic rings. The Bertz CT molecular complexity index is 1040. The van der Waals surface area contributed by atoms with E-state index in [1.807, 2.05) is 0 Å². The molecule has 2 aromatic rings. The quantitative estimate of drug-likeness (QED) is 0.735. The van der Waals surface area contributed by atoms with Crippen LogP contribution in [0.1, 0.15) is 6.42 Å². The number of rotatable bonds is 5. The van der Waals surface area contributed by atoms with Crippen LogP contribution >= 0.6 is 23.2 Å². The summed E-state index contributed by atoms with van der Waals surface area (Å²) in [6.07, 6.45) is 0.0651. The van der Waals surface area contributed by atoms with Crippen molar-refractivity contribution >= 4 is 52.3 Å². The van der Waals surface area contributed by atoms with Crippen LogP contribution in [0.25, 0.3) is 0 Å². The Labute approximate surface area is 188 Å². The highest BCUT2D eigenvalue weighted by Gasteiger charge is 2.37. The van der Waals surface area contributed by atoms with Crippen molar-refractivity contribution in [2.45, 2.75) is 6.42 Å². The summed E-state index contributed by atoms with van der Waals surface area (Å²) in [7, 11) is 1.52. The fourth-order valence-corrected chi connectivity index (χ4v) is 4.07. The number of nitrogens with zero attached hydrogens (tertiary/aromatic N) is 2. The molecule has 0 bridgehead atoms. The number of hydrogen-bond donors (Lipinski definition) is 1. The van der Waals surface area contributed by atoms with Gasteiger partial charge in [-0.3, -0.25) is 14.4 Å². The van der Waals surface area contributed by atoms with Gasteiger partial charge in [-0.25, -0.2) is 0 Å². The van der Waals surface area contributed by atoms with Crippen molar-refractivity contribution in [2.75, 3.05) is 37.1 Å². The van der Waals surface area contributed by atoms with E-state index >= 15 is 0 Å². The minimum absolute atomic E-state index is 0.0651. The molecule has 1 saturated heterocycles. The second-order valence-corrected chi connectivity index (χ2v) is 8.10. The first kappa shape index (κ1) is 21.3. The zero-order valence-electron chi connectivity index (χ0n) is 16.6. The number of carbonyl (C=O) groups is 3.